The monoisotopic (exact) mass is 279 g/mol. The van der Waals surface area contributed by atoms with E-state index in [-0.39, 0.29) is 6.04 Å². The zero-order chi connectivity index (χ0) is 13.7. The molecule has 2 rings (SSSR count). The van der Waals surface area contributed by atoms with Crippen molar-refractivity contribution in [1.82, 2.24) is 15.1 Å². The van der Waals surface area contributed by atoms with Gasteiger partial charge in [-0.3, -0.25) is 4.68 Å². The highest BCUT2D eigenvalue weighted by Gasteiger charge is 2.20. The van der Waals surface area contributed by atoms with E-state index < -0.39 is 0 Å². The van der Waals surface area contributed by atoms with Gasteiger partial charge < -0.3 is 10.1 Å². The number of aromatic nitrogens is 2. The lowest BCUT2D eigenvalue weighted by Crippen LogP contribution is -2.22. The molecule has 0 fully saturated rings. The summed E-state index contributed by atoms with van der Waals surface area (Å²) in [4.78, 5) is 0. The van der Waals surface area contributed by atoms with Crippen LogP contribution in [0.2, 0.25) is 5.02 Å². The molecule has 0 amide bonds. The molecule has 1 unspecified atom stereocenters. The van der Waals surface area contributed by atoms with E-state index in [1.54, 1.807) is 13.3 Å². The molecule has 1 aromatic carbocycles. The van der Waals surface area contributed by atoms with Gasteiger partial charge in [0.1, 0.15) is 0 Å². The minimum atomic E-state index is 0.0213. The maximum atomic E-state index is 6.28. The third-order valence-corrected chi connectivity index (χ3v) is 3.33. The molecule has 1 atom stereocenters. The molecule has 0 spiro atoms. The molecule has 0 saturated carbocycles. The van der Waals surface area contributed by atoms with E-state index in [2.05, 4.69) is 22.5 Å². The number of halogens is 1. The minimum absolute atomic E-state index is 0.0213. The SMILES string of the molecule is CNC(c1ccccc1)c1c(Cl)cnn1CCOC. The quantitative estimate of drug-likeness (QED) is 0.883. The number of nitrogens with one attached hydrogen (secondary N) is 1. The van der Waals surface area contributed by atoms with Crippen molar-refractivity contribution < 1.29 is 4.74 Å². The van der Waals surface area contributed by atoms with Crippen molar-refractivity contribution in [3.63, 3.8) is 0 Å². The Morgan fingerprint density at radius 1 is 1.37 bits per heavy atom. The van der Waals surface area contributed by atoms with E-state index in [1.165, 1.54) is 0 Å². The average molecular weight is 280 g/mol. The van der Waals surface area contributed by atoms with Crippen LogP contribution in [-0.4, -0.2) is 30.5 Å². The Morgan fingerprint density at radius 3 is 2.74 bits per heavy atom. The molecule has 2 aromatic rings. The van der Waals surface area contributed by atoms with Gasteiger partial charge in [-0.1, -0.05) is 41.9 Å². The molecule has 0 aliphatic heterocycles. The Bertz CT molecular complexity index is 513. The van der Waals surface area contributed by atoms with Gasteiger partial charge in [-0.05, 0) is 12.6 Å². The molecular weight excluding hydrogens is 262 g/mol. The normalized spacial score (nSPS) is 12.6. The van der Waals surface area contributed by atoms with Crippen LogP contribution < -0.4 is 5.32 Å². The van der Waals surface area contributed by atoms with Crippen molar-refractivity contribution in [2.45, 2.75) is 12.6 Å². The van der Waals surface area contributed by atoms with Crippen LogP contribution in [0.25, 0.3) is 0 Å². The summed E-state index contributed by atoms with van der Waals surface area (Å²) in [5.41, 5.74) is 2.12. The smallest absolute Gasteiger partial charge is 0.0837 e. The Kier molecular flexibility index (Phi) is 4.96. The molecule has 0 bridgehead atoms. The lowest BCUT2D eigenvalue weighted by Gasteiger charge is -2.19. The lowest BCUT2D eigenvalue weighted by atomic mass is 10.0. The van der Waals surface area contributed by atoms with Crippen molar-refractivity contribution in [1.29, 1.82) is 0 Å². The highest BCUT2D eigenvalue weighted by molar-refractivity contribution is 6.31. The van der Waals surface area contributed by atoms with Crippen LogP contribution in [0, 0.1) is 0 Å². The van der Waals surface area contributed by atoms with Crippen LogP contribution in [0.1, 0.15) is 17.3 Å². The molecule has 1 N–H and O–H groups in total. The molecule has 0 radical (unpaired) electrons. The summed E-state index contributed by atoms with van der Waals surface area (Å²) in [6.45, 7) is 1.29. The van der Waals surface area contributed by atoms with Crippen molar-refractivity contribution in [3.05, 3.63) is 52.8 Å². The molecule has 1 heterocycles. The van der Waals surface area contributed by atoms with Crippen molar-refractivity contribution in [2.75, 3.05) is 20.8 Å². The number of benzene rings is 1. The van der Waals surface area contributed by atoms with E-state index in [1.807, 2.05) is 29.9 Å². The predicted octanol–water partition coefficient (Wildman–Crippen LogP) is 2.49. The van der Waals surface area contributed by atoms with Gasteiger partial charge in [0.05, 0.1) is 36.1 Å². The lowest BCUT2D eigenvalue weighted by molar-refractivity contribution is 0.182. The second kappa shape index (κ2) is 6.70. The largest absolute Gasteiger partial charge is 0.383 e. The summed E-state index contributed by atoms with van der Waals surface area (Å²) in [7, 11) is 3.60. The summed E-state index contributed by atoms with van der Waals surface area (Å²) in [6.07, 6.45) is 1.68. The van der Waals surface area contributed by atoms with E-state index in [0.29, 0.717) is 18.2 Å². The number of nitrogens with zero attached hydrogens (tertiary/aromatic N) is 2. The van der Waals surface area contributed by atoms with E-state index in [0.717, 1.165) is 11.3 Å². The van der Waals surface area contributed by atoms with Gasteiger partial charge in [0.15, 0.2) is 0 Å². The Hall–Kier alpha value is -1.36. The maximum absolute atomic E-state index is 6.28. The second-order valence-corrected chi connectivity index (χ2v) is 4.63. The van der Waals surface area contributed by atoms with Gasteiger partial charge in [0.2, 0.25) is 0 Å². The summed E-state index contributed by atoms with van der Waals surface area (Å²) >= 11 is 6.28. The van der Waals surface area contributed by atoms with E-state index in [9.17, 15) is 0 Å². The van der Waals surface area contributed by atoms with Gasteiger partial charge in [-0.25, -0.2) is 0 Å². The Morgan fingerprint density at radius 2 is 2.11 bits per heavy atom. The molecule has 4 nitrogen and oxygen atoms in total. The number of rotatable bonds is 6. The first-order valence-electron chi connectivity index (χ1n) is 6.20. The topological polar surface area (TPSA) is 39.1 Å². The third-order valence-electron chi connectivity index (χ3n) is 3.04. The summed E-state index contributed by atoms with van der Waals surface area (Å²) < 4.78 is 6.99. The Labute approximate surface area is 118 Å². The number of hydrogen-bond donors (Lipinski definition) is 1. The van der Waals surface area contributed by atoms with Crippen LogP contribution in [-0.2, 0) is 11.3 Å². The fourth-order valence-corrected chi connectivity index (χ4v) is 2.37. The van der Waals surface area contributed by atoms with Crippen LogP contribution in [0.4, 0.5) is 0 Å². The highest BCUT2D eigenvalue weighted by atomic mass is 35.5. The van der Waals surface area contributed by atoms with Crippen molar-refractivity contribution in [3.8, 4) is 0 Å². The van der Waals surface area contributed by atoms with Crippen molar-refractivity contribution >= 4 is 11.6 Å². The van der Waals surface area contributed by atoms with Crippen LogP contribution in [0.15, 0.2) is 36.5 Å². The number of methoxy groups -OCH3 is 1. The van der Waals surface area contributed by atoms with E-state index >= 15 is 0 Å². The van der Waals surface area contributed by atoms with Gasteiger partial charge in [0, 0.05) is 7.11 Å². The Balaban J connectivity index is 2.35. The van der Waals surface area contributed by atoms with E-state index in [4.69, 9.17) is 16.3 Å². The van der Waals surface area contributed by atoms with Gasteiger partial charge in [-0.15, -0.1) is 0 Å². The summed E-state index contributed by atoms with van der Waals surface area (Å²) in [5, 5.41) is 8.27. The average Bonchev–Trinajstić information content (AvgIpc) is 2.80. The summed E-state index contributed by atoms with van der Waals surface area (Å²) in [6, 6.07) is 10.2. The van der Waals surface area contributed by atoms with Gasteiger partial charge in [-0.2, -0.15) is 5.10 Å². The maximum Gasteiger partial charge on any atom is 0.0837 e. The van der Waals surface area contributed by atoms with Gasteiger partial charge >= 0.3 is 0 Å². The molecular formula is C14H18ClN3O. The van der Waals surface area contributed by atoms with Crippen LogP contribution >= 0.6 is 11.6 Å². The molecule has 0 aliphatic carbocycles. The second-order valence-electron chi connectivity index (χ2n) is 4.23. The molecule has 19 heavy (non-hydrogen) atoms. The minimum Gasteiger partial charge on any atom is -0.383 e. The van der Waals surface area contributed by atoms with Crippen LogP contribution in [0.5, 0.6) is 0 Å². The number of hydrogen-bond acceptors (Lipinski definition) is 3. The van der Waals surface area contributed by atoms with Crippen LogP contribution in [0.3, 0.4) is 0 Å². The fourth-order valence-electron chi connectivity index (χ4n) is 2.12. The zero-order valence-electron chi connectivity index (χ0n) is 11.1. The first-order chi connectivity index (χ1) is 9.27. The third kappa shape index (κ3) is 3.15. The standard InChI is InChI=1S/C14H18ClN3O/c1-16-13(11-6-4-3-5-7-11)14-12(15)10-17-18(14)8-9-19-2/h3-7,10,13,16H,8-9H2,1-2H3. The molecule has 0 aliphatic rings. The zero-order valence-corrected chi connectivity index (χ0v) is 11.9. The molecule has 102 valence electrons. The molecule has 1 aromatic heterocycles. The predicted molar refractivity (Wildman–Crippen MR) is 76.5 cm³/mol. The van der Waals surface area contributed by atoms with Crippen molar-refractivity contribution in [2.24, 2.45) is 0 Å². The molecule has 5 heteroatoms. The highest BCUT2D eigenvalue weighted by Crippen LogP contribution is 2.27. The summed E-state index contributed by atoms with van der Waals surface area (Å²) in [5.74, 6) is 0. The fraction of sp³-hybridized carbons (Fsp3) is 0.357. The van der Waals surface area contributed by atoms with Gasteiger partial charge in [0.25, 0.3) is 0 Å². The number of ether oxygens (including phenoxy) is 1. The molecule has 0 saturated heterocycles. The first-order valence-corrected chi connectivity index (χ1v) is 6.58. The first kappa shape index (κ1) is 14.1.